The number of amides is 2. The van der Waals surface area contributed by atoms with Gasteiger partial charge in [0.1, 0.15) is 6.33 Å². The first-order chi connectivity index (χ1) is 26.1. The Morgan fingerprint density at radius 1 is 1.05 bits per heavy atom. The molecule has 308 valence electrons. The molecule has 0 radical (unpaired) electrons. The maximum Gasteiger partial charge on any atom is 0.312 e. The number of carbonyl (C=O) groups excluding carboxylic acids is 1. The highest BCUT2D eigenvalue weighted by Crippen LogP contribution is 2.75. The zero-order valence-corrected chi connectivity index (χ0v) is 35.8. The molecule has 1 aliphatic heterocycles. The number of pyridine rings is 1. The number of fused-ring (bicyclic) bond motifs is 3. The predicted molar refractivity (Wildman–Crippen MR) is 216 cm³/mol. The van der Waals surface area contributed by atoms with Gasteiger partial charge in [-0.1, -0.05) is 80.9 Å². The zero-order chi connectivity index (χ0) is 40.9. The highest BCUT2D eigenvalue weighted by molar-refractivity contribution is 5.73. The second-order valence-electron chi connectivity index (χ2n) is 21.2. The van der Waals surface area contributed by atoms with Gasteiger partial charge in [0.2, 0.25) is 0 Å². The molecule has 2 aromatic heterocycles. The maximum atomic E-state index is 13.6. The number of ether oxygens (including phenoxy) is 2. The Labute approximate surface area is 334 Å². The fourth-order valence-electron chi connectivity index (χ4n) is 13.3. The summed E-state index contributed by atoms with van der Waals surface area (Å²) in [7, 11) is 0. The Morgan fingerprint density at radius 2 is 1.75 bits per heavy atom. The molecule has 7 rings (SSSR count). The van der Waals surface area contributed by atoms with E-state index >= 15 is 0 Å². The fraction of sp³-hybridized carbons (Fsp3) is 0.756. The first kappa shape index (κ1) is 40.9. The third-order valence-corrected chi connectivity index (χ3v) is 17.5. The van der Waals surface area contributed by atoms with Crippen molar-refractivity contribution in [3.05, 3.63) is 42.5 Å². The van der Waals surface area contributed by atoms with Crippen molar-refractivity contribution in [2.45, 2.75) is 132 Å². The van der Waals surface area contributed by atoms with Gasteiger partial charge in [0.05, 0.1) is 43.4 Å². The average molecular weight is 773 g/mol. The van der Waals surface area contributed by atoms with Crippen LogP contribution in [0.2, 0.25) is 0 Å². The molecular weight excluding hydrogens is 705 g/mol. The quantitative estimate of drug-likeness (QED) is 0.215. The Bertz CT molecular complexity index is 1860. The number of nitrogens with zero attached hydrogens (tertiary/aromatic N) is 4. The van der Waals surface area contributed by atoms with Crippen LogP contribution in [0.5, 0.6) is 0 Å². The Balaban J connectivity index is 1.35. The van der Waals surface area contributed by atoms with Crippen LogP contribution in [0.3, 0.4) is 0 Å². The summed E-state index contributed by atoms with van der Waals surface area (Å²) >= 11 is 0. The lowest BCUT2D eigenvalue weighted by molar-refractivity contribution is -0.253. The minimum absolute atomic E-state index is 0.197. The van der Waals surface area contributed by atoms with Crippen molar-refractivity contribution in [2.75, 3.05) is 19.8 Å². The molecule has 3 heterocycles. The van der Waals surface area contributed by atoms with Gasteiger partial charge >= 0.3 is 12.0 Å². The van der Waals surface area contributed by atoms with Crippen molar-refractivity contribution < 1.29 is 24.2 Å². The lowest BCUT2D eigenvalue weighted by atomic mass is 9.34. The smallest absolute Gasteiger partial charge is 0.312 e. The molecule has 0 aromatic carbocycles. The number of carboxylic acid groups (broad SMARTS) is 1. The number of nitrogens with one attached hydrogen (secondary N) is 1. The van der Waals surface area contributed by atoms with E-state index in [-0.39, 0.29) is 58.2 Å². The Hall–Kier alpha value is -3.31. The normalized spacial score (nSPS) is 39.6. The van der Waals surface area contributed by atoms with Gasteiger partial charge in [0, 0.05) is 28.8 Å². The van der Waals surface area contributed by atoms with Crippen molar-refractivity contribution in [2.24, 2.45) is 67.8 Å². The first-order valence-corrected chi connectivity index (χ1v) is 21.1. The molecule has 0 unspecified atom stereocenters. The van der Waals surface area contributed by atoms with E-state index in [0.717, 1.165) is 49.9 Å². The molecule has 2 aromatic rings. The van der Waals surface area contributed by atoms with Crippen LogP contribution in [0.15, 0.2) is 42.5 Å². The molecule has 0 spiro atoms. The predicted octanol–water partition coefficient (Wildman–Crippen LogP) is 8.33. The van der Waals surface area contributed by atoms with Crippen LogP contribution in [0.1, 0.15) is 121 Å². The number of primary amides is 1. The van der Waals surface area contributed by atoms with E-state index in [1.54, 1.807) is 18.7 Å². The summed E-state index contributed by atoms with van der Waals surface area (Å²) in [6.07, 6.45) is 12.8. The fourth-order valence-corrected chi connectivity index (χ4v) is 13.3. The summed E-state index contributed by atoms with van der Waals surface area (Å²) < 4.78 is 16.2. The zero-order valence-electron chi connectivity index (χ0n) is 35.8. The number of nitrogens with two attached hydrogens (primary N) is 1. The molecule has 4 N–H and O–H groups in total. The molecule has 2 amide bonds. The van der Waals surface area contributed by atoms with E-state index in [1.165, 1.54) is 5.57 Å². The van der Waals surface area contributed by atoms with E-state index in [1.807, 2.05) is 19.1 Å². The van der Waals surface area contributed by atoms with Gasteiger partial charge in [0.25, 0.3) is 0 Å². The van der Waals surface area contributed by atoms with E-state index < -0.39 is 34.3 Å². The van der Waals surface area contributed by atoms with Gasteiger partial charge in [-0.2, -0.15) is 5.10 Å². The molecule has 5 aliphatic rings. The van der Waals surface area contributed by atoms with Crippen molar-refractivity contribution >= 4 is 12.0 Å². The molecule has 11 heteroatoms. The Kier molecular flexibility index (Phi) is 9.95. The number of carbonyl (C=O) groups is 2. The van der Waals surface area contributed by atoms with Gasteiger partial charge in [-0.25, -0.2) is 14.5 Å². The second kappa shape index (κ2) is 13.6. The van der Waals surface area contributed by atoms with E-state index in [0.29, 0.717) is 19.1 Å². The van der Waals surface area contributed by atoms with Crippen molar-refractivity contribution in [1.82, 2.24) is 25.1 Å². The van der Waals surface area contributed by atoms with Crippen LogP contribution in [-0.2, 0) is 14.3 Å². The first-order valence-electron chi connectivity index (χ1n) is 21.1. The van der Waals surface area contributed by atoms with Gasteiger partial charge in [-0.15, -0.1) is 0 Å². The number of urea groups is 1. The van der Waals surface area contributed by atoms with Gasteiger partial charge < -0.3 is 25.6 Å². The molecule has 12 atom stereocenters. The molecule has 4 fully saturated rings. The van der Waals surface area contributed by atoms with Crippen LogP contribution >= 0.6 is 0 Å². The largest absolute Gasteiger partial charge is 0.481 e. The van der Waals surface area contributed by atoms with Crippen LogP contribution < -0.4 is 11.1 Å². The summed E-state index contributed by atoms with van der Waals surface area (Å²) in [6.45, 7) is 25.8. The van der Waals surface area contributed by atoms with Crippen LogP contribution in [0, 0.1) is 62.1 Å². The van der Waals surface area contributed by atoms with Crippen LogP contribution in [-0.4, -0.2) is 68.3 Å². The molecule has 11 nitrogen and oxygen atoms in total. The van der Waals surface area contributed by atoms with E-state index in [9.17, 15) is 14.7 Å². The molecule has 56 heavy (non-hydrogen) atoms. The summed E-state index contributed by atoms with van der Waals surface area (Å²) in [5.41, 5.74) is 5.43. The number of hydrogen-bond acceptors (Lipinski definition) is 7. The third kappa shape index (κ3) is 5.82. The van der Waals surface area contributed by atoms with E-state index in [4.69, 9.17) is 25.3 Å². The van der Waals surface area contributed by atoms with Crippen molar-refractivity contribution in [3.8, 4) is 11.4 Å². The number of rotatable bonds is 9. The summed E-state index contributed by atoms with van der Waals surface area (Å²) in [5.74, 6) is 0.845. The van der Waals surface area contributed by atoms with Gasteiger partial charge in [-0.3, -0.25) is 9.78 Å². The van der Waals surface area contributed by atoms with Crippen molar-refractivity contribution in [3.63, 3.8) is 0 Å². The highest BCUT2D eigenvalue weighted by Gasteiger charge is 2.72. The van der Waals surface area contributed by atoms with E-state index in [2.05, 4.69) is 90.3 Å². The molecular formula is C45H68N6O5. The van der Waals surface area contributed by atoms with Gasteiger partial charge in [-0.05, 0) is 103 Å². The minimum atomic E-state index is -0.758. The molecule has 3 saturated carbocycles. The average Bonchev–Trinajstić information content (AvgIpc) is 3.60. The SMILES string of the molecule is CC(C)[C@@H](C)[C@@]1(C)CC[C@]2(C)[C@H]3CC[C@@H]4[C@@]5(COC[C@@]4(C)[C@@H](OC[C@](C)(NC(N)=O)C(C)(C)C)[C@H](n4ncnc4-c4ccncc4)C5)C3=CC[C@@]2(C)[C@@H]1C(=O)O. The number of aromatic nitrogens is 4. The number of carboxylic acids is 1. The van der Waals surface area contributed by atoms with Crippen LogP contribution in [0.4, 0.5) is 4.79 Å². The summed E-state index contributed by atoms with van der Waals surface area (Å²) in [6, 6.07) is 3.15. The number of allylic oxidation sites excluding steroid dienone is 1. The van der Waals surface area contributed by atoms with Gasteiger partial charge in [0.15, 0.2) is 5.82 Å². The standard InChI is InChI=1S/C45H68N6O5/c1-27(2)28(3)40(7)18-19-42(9)30-12-13-33-41(8)23-55-25-45(33,31(30)14-17-43(42,10)34(40)37(52)53)22-32(51-36(48-26-49-51)29-15-20-47-21-16-29)35(41)56-24-44(11,39(4,5)6)50-38(46)54/h14-16,20-21,26-28,30,32-35H,12-13,17-19,22-25H2,1-11H3,(H,52,53)(H3,46,50,54)/t28-,30+,32-,33+,34-,35+,40-,41-,42-,43+,44+,45+/m1/s1. The molecule has 2 bridgehead atoms. The second-order valence-corrected chi connectivity index (χ2v) is 21.2. The summed E-state index contributed by atoms with van der Waals surface area (Å²) in [4.78, 5) is 35.1. The number of hydrogen-bond donors (Lipinski definition) is 3. The lowest BCUT2D eigenvalue weighted by Crippen LogP contribution is -2.69. The monoisotopic (exact) mass is 773 g/mol. The highest BCUT2D eigenvalue weighted by atomic mass is 16.5. The molecule has 1 saturated heterocycles. The maximum absolute atomic E-state index is 13.6. The minimum Gasteiger partial charge on any atom is -0.481 e. The van der Waals surface area contributed by atoms with Crippen molar-refractivity contribution in [1.29, 1.82) is 0 Å². The number of aliphatic carboxylic acids is 1. The lowest BCUT2D eigenvalue weighted by Gasteiger charge is -2.71. The summed E-state index contributed by atoms with van der Waals surface area (Å²) in [5, 5.41) is 19.2. The molecule has 4 aliphatic carbocycles. The Morgan fingerprint density at radius 3 is 2.38 bits per heavy atom. The van der Waals surface area contributed by atoms with Crippen LogP contribution in [0.25, 0.3) is 11.4 Å². The third-order valence-electron chi connectivity index (χ3n) is 17.5. The topological polar surface area (TPSA) is 154 Å².